The number of hydrogen-bond donors (Lipinski definition) is 1. The summed E-state index contributed by atoms with van der Waals surface area (Å²) in [6, 6.07) is 12.2. The summed E-state index contributed by atoms with van der Waals surface area (Å²) in [4.78, 5) is 14.2. The van der Waals surface area contributed by atoms with E-state index >= 15 is 0 Å². The van der Waals surface area contributed by atoms with Crippen LogP contribution in [0.15, 0.2) is 47.4 Å². The highest BCUT2D eigenvalue weighted by Gasteiger charge is 2.33. The molecule has 0 aromatic heterocycles. The molecule has 0 saturated carbocycles. The van der Waals surface area contributed by atoms with E-state index in [1.54, 1.807) is 17.0 Å². The Kier molecular flexibility index (Phi) is 9.51. The predicted octanol–water partition coefficient (Wildman–Crippen LogP) is 4.49. The first-order valence-corrected chi connectivity index (χ1v) is 14.8. The third-order valence-electron chi connectivity index (χ3n) is 6.48. The van der Waals surface area contributed by atoms with Crippen LogP contribution in [0, 0.1) is 11.8 Å². The lowest BCUT2D eigenvalue weighted by Gasteiger charge is -2.32. The molecule has 9 nitrogen and oxygen atoms in total. The van der Waals surface area contributed by atoms with Crippen molar-refractivity contribution in [1.82, 2.24) is 4.90 Å². The molecule has 2 aliphatic heterocycles. The number of hydrogen-bond acceptors (Lipinski definition) is 7. The molecule has 1 fully saturated rings. The molecule has 4 rings (SSSR count). The Morgan fingerprint density at radius 1 is 1.10 bits per heavy atom. The number of carbonyl (C=O) groups excluding carboxylic acids is 1. The molecule has 39 heavy (non-hydrogen) atoms. The molecule has 1 atom stereocenters. The molecule has 210 valence electrons. The number of primary sulfonamides is 1. The lowest BCUT2D eigenvalue weighted by molar-refractivity contribution is -0.180. The number of nitrogens with zero attached hydrogens (tertiary/aromatic N) is 1. The number of benzene rings is 2. The zero-order valence-corrected chi connectivity index (χ0v) is 23.3. The van der Waals surface area contributed by atoms with Gasteiger partial charge < -0.3 is 23.8 Å². The van der Waals surface area contributed by atoms with Crippen molar-refractivity contribution in [1.29, 1.82) is 0 Å². The summed E-state index contributed by atoms with van der Waals surface area (Å²) in [5.74, 6) is 6.19. The van der Waals surface area contributed by atoms with E-state index in [1.165, 1.54) is 12.1 Å². The van der Waals surface area contributed by atoms with Crippen LogP contribution >= 0.6 is 0 Å². The van der Waals surface area contributed by atoms with Gasteiger partial charge in [0.15, 0.2) is 0 Å². The maximum atomic E-state index is 12.4. The summed E-state index contributed by atoms with van der Waals surface area (Å²) in [6.45, 7) is 6.68. The number of rotatable bonds is 11. The number of cyclic esters (lactones) is 1. The van der Waals surface area contributed by atoms with Crippen molar-refractivity contribution in [2.24, 2.45) is 5.14 Å². The van der Waals surface area contributed by atoms with Crippen molar-refractivity contribution in [2.45, 2.75) is 69.3 Å². The predicted molar refractivity (Wildman–Crippen MR) is 145 cm³/mol. The standard InChI is InChI=1S/C29H36N2O7S/c1-29(2)36-21-24-19-23(13-14-26(24)38-29)27-20-31(28(32)37-27)15-6-8-17-35-16-7-4-3-5-10-22-11-9-12-25(18-22)39(30,33)34/h9,11-14,18-19,27H,3-4,6-8,15-17,20-21H2,1-2H3,(H2,30,33,34)/t27-/m0/s1. The van der Waals surface area contributed by atoms with Crippen LogP contribution in [0.5, 0.6) is 5.75 Å². The number of sulfonamides is 1. The van der Waals surface area contributed by atoms with Gasteiger partial charge in [-0.15, -0.1) is 0 Å². The fourth-order valence-electron chi connectivity index (χ4n) is 4.36. The quantitative estimate of drug-likeness (QED) is 0.320. The van der Waals surface area contributed by atoms with Gasteiger partial charge in [0, 0.05) is 51.2 Å². The minimum atomic E-state index is -3.72. The van der Waals surface area contributed by atoms with Gasteiger partial charge in [-0.3, -0.25) is 0 Å². The smallest absolute Gasteiger partial charge is 0.410 e. The summed E-state index contributed by atoms with van der Waals surface area (Å²) in [7, 11) is -3.72. The molecule has 2 aromatic rings. The van der Waals surface area contributed by atoms with Gasteiger partial charge in [-0.05, 0) is 61.6 Å². The Bertz CT molecular complexity index is 1330. The van der Waals surface area contributed by atoms with Crippen molar-refractivity contribution >= 4 is 16.1 Å². The number of fused-ring (bicyclic) bond motifs is 1. The van der Waals surface area contributed by atoms with E-state index < -0.39 is 15.8 Å². The topological polar surface area (TPSA) is 117 Å². The Morgan fingerprint density at radius 2 is 1.90 bits per heavy atom. The molecule has 0 bridgehead atoms. The molecular formula is C29H36N2O7S. The van der Waals surface area contributed by atoms with Crippen molar-refractivity contribution in [3.63, 3.8) is 0 Å². The molecule has 2 N–H and O–H groups in total. The number of carbonyl (C=O) groups is 1. The first kappa shape index (κ1) is 28.9. The van der Waals surface area contributed by atoms with E-state index in [4.69, 9.17) is 24.1 Å². The van der Waals surface area contributed by atoms with Crippen LogP contribution in [-0.2, 0) is 30.8 Å². The zero-order chi connectivity index (χ0) is 27.9. The van der Waals surface area contributed by atoms with Gasteiger partial charge >= 0.3 is 6.09 Å². The summed E-state index contributed by atoms with van der Waals surface area (Å²) in [6.07, 6.45) is 3.59. The first-order valence-electron chi connectivity index (χ1n) is 13.2. The number of amides is 1. The summed E-state index contributed by atoms with van der Waals surface area (Å²) in [5.41, 5.74) is 2.53. The Labute approximate surface area is 230 Å². The van der Waals surface area contributed by atoms with Gasteiger partial charge in [0.1, 0.15) is 11.9 Å². The van der Waals surface area contributed by atoms with Crippen molar-refractivity contribution in [3.05, 3.63) is 59.2 Å². The third-order valence-corrected chi connectivity index (χ3v) is 7.39. The number of ether oxygens (including phenoxy) is 4. The maximum absolute atomic E-state index is 12.4. The second-order valence-corrected chi connectivity index (χ2v) is 11.7. The van der Waals surface area contributed by atoms with Crippen molar-refractivity contribution in [3.8, 4) is 17.6 Å². The zero-order valence-electron chi connectivity index (χ0n) is 22.5. The number of unbranched alkanes of at least 4 members (excludes halogenated alkanes) is 3. The Morgan fingerprint density at radius 3 is 2.69 bits per heavy atom. The molecule has 0 aliphatic carbocycles. The molecule has 0 radical (unpaired) electrons. The molecule has 10 heteroatoms. The number of nitrogens with two attached hydrogens (primary N) is 1. The van der Waals surface area contributed by atoms with Gasteiger partial charge in [-0.1, -0.05) is 24.0 Å². The third kappa shape index (κ3) is 8.44. The lowest BCUT2D eigenvalue weighted by atomic mass is 10.0. The fraction of sp³-hybridized carbons (Fsp3) is 0.483. The lowest BCUT2D eigenvalue weighted by Crippen LogP contribution is -2.35. The minimum Gasteiger partial charge on any atom is -0.463 e. The van der Waals surface area contributed by atoms with Crippen LogP contribution in [0.4, 0.5) is 4.79 Å². The van der Waals surface area contributed by atoms with E-state index in [0.29, 0.717) is 44.9 Å². The second kappa shape index (κ2) is 12.8. The van der Waals surface area contributed by atoms with Crippen LogP contribution in [0.25, 0.3) is 0 Å². The highest BCUT2D eigenvalue weighted by molar-refractivity contribution is 7.89. The molecule has 1 saturated heterocycles. The van der Waals surface area contributed by atoms with Crippen LogP contribution < -0.4 is 9.88 Å². The van der Waals surface area contributed by atoms with Crippen LogP contribution in [-0.4, -0.2) is 51.5 Å². The first-order chi connectivity index (χ1) is 18.6. The van der Waals surface area contributed by atoms with Gasteiger partial charge in [0.25, 0.3) is 0 Å². The molecule has 2 heterocycles. The fourth-order valence-corrected chi connectivity index (χ4v) is 4.92. The van der Waals surface area contributed by atoms with Gasteiger partial charge in [0.05, 0.1) is 18.0 Å². The largest absolute Gasteiger partial charge is 0.463 e. The molecule has 0 spiro atoms. The van der Waals surface area contributed by atoms with Gasteiger partial charge in [-0.2, -0.15) is 0 Å². The van der Waals surface area contributed by atoms with Gasteiger partial charge in [0.2, 0.25) is 15.8 Å². The van der Waals surface area contributed by atoms with E-state index in [9.17, 15) is 13.2 Å². The van der Waals surface area contributed by atoms with E-state index in [-0.39, 0.29) is 17.1 Å². The van der Waals surface area contributed by atoms with Gasteiger partial charge in [-0.25, -0.2) is 18.4 Å². The van der Waals surface area contributed by atoms with Crippen LogP contribution in [0.3, 0.4) is 0 Å². The maximum Gasteiger partial charge on any atom is 0.410 e. The van der Waals surface area contributed by atoms with E-state index in [2.05, 4.69) is 11.8 Å². The monoisotopic (exact) mass is 556 g/mol. The average molecular weight is 557 g/mol. The van der Waals surface area contributed by atoms with Crippen molar-refractivity contribution in [2.75, 3.05) is 26.3 Å². The normalized spacial score (nSPS) is 18.1. The minimum absolute atomic E-state index is 0.0638. The molecule has 0 unspecified atom stereocenters. The Balaban J connectivity index is 1.07. The highest BCUT2D eigenvalue weighted by atomic mass is 32.2. The second-order valence-electron chi connectivity index (χ2n) is 10.1. The Hall–Kier alpha value is -3.10. The average Bonchev–Trinajstić information content (AvgIpc) is 3.26. The van der Waals surface area contributed by atoms with Crippen molar-refractivity contribution < 1.29 is 32.2 Å². The summed E-state index contributed by atoms with van der Waals surface area (Å²) >= 11 is 0. The molecule has 2 aliphatic rings. The van der Waals surface area contributed by atoms with E-state index in [0.717, 1.165) is 42.6 Å². The highest BCUT2D eigenvalue weighted by Crippen LogP contribution is 2.35. The van der Waals surface area contributed by atoms with Crippen LogP contribution in [0.2, 0.25) is 0 Å². The molecule has 2 aromatic carbocycles. The summed E-state index contributed by atoms with van der Waals surface area (Å²) in [5, 5.41) is 5.15. The van der Waals surface area contributed by atoms with Crippen LogP contribution in [0.1, 0.15) is 68.7 Å². The SMILES string of the molecule is CC1(C)OCc2cc([C@@H]3CN(CCCCOCCCCC#Cc4cccc(S(N)(=O)=O)c4)C(=O)O3)ccc2O1. The summed E-state index contributed by atoms with van der Waals surface area (Å²) < 4.78 is 45.7. The molecule has 1 amide bonds. The molecular weight excluding hydrogens is 520 g/mol. The van der Waals surface area contributed by atoms with E-state index in [1.807, 2.05) is 32.0 Å².